The van der Waals surface area contributed by atoms with Crippen molar-refractivity contribution in [2.75, 3.05) is 23.8 Å². The van der Waals surface area contributed by atoms with E-state index in [0.717, 1.165) is 11.3 Å². The Morgan fingerprint density at radius 3 is 2.31 bits per heavy atom. The molecule has 2 N–H and O–H groups in total. The molecule has 156 valence electrons. The highest BCUT2D eigenvalue weighted by Crippen LogP contribution is 2.34. The molecule has 0 unspecified atom stereocenters. The Hall–Kier alpha value is -2.58. The Morgan fingerprint density at radius 2 is 1.72 bits per heavy atom. The van der Waals surface area contributed by atoms with Crippen LogP contribution in [-0.4, -0.2) is 31.2 Å². The second-order valence-corrected chi connectivity index (χ2v) is 8.02. The van der Waals surface area contributed by atoms with Crippen LogP contribution in [0, 0.1) is 12.8 Å². The number of carbonyl (C=O) groups excluding carboxylic acids is 3. The summed E-state index contributed by atoms with van der Waals surface area (Å²) in [5.74, 6) is -0.990. The number of benzene rings is 1. The summed E-state index contributed by atoms with van der Waals surface area (Å²) in [5.41, 5.74) is 1.07. The van der Waals surface area contributed by atoms with Gasteiger partial charge in [-0.3, -0.25) is 5.32 Å². The molecule has 1 aromatic carbocycles. The highest BCUT2D eigenvalue weighted by molar-refractivity contribution is 7.18. The van der Waals surface area contributed by atoms with E-state index in [-0.39, 0.29) is 34.6 Å². The zero-order chi connectivity index (χ0) is 21.6. The largest absolute Gasteiger partial charge is 0.462 e. The first-order valence-electron chi connectivity index (χ1n) is 9.04. The SMILES string of the molecule is CCOC(=O)c1c(NC(=O)Nc2ccc(Cl)cc2)sc(C(=O)OCC(C)C)c1C. The van der Waals surface area contributed by atoms with Gasteiger partial charge in [-0.2, -0.15) is 0 Å². The quantitative estimate of drug-likeness (QED) is 0.569. The molecular formula is C20H23ClN2O5S. The maximum absolute atomic E-state index is 12.4. The van der Waals surface area contributed by atoms with Crippen LogP contribution in [0.1, 0.15) is 46.4 Å². The first kappa shape index (κ1) is 22.7. The first-order valence-corrected chi connectivity index (χ1v) is 10.2. The molecule has 29 heavy (non-hydrogen) atoms. The van der Waals surface area contributed by atoms with Gasteiger partial charge in [0.1, 0.15) is 9.88 Å². The second-order valence-electron chi connectivity index (χ2n) is 6.56. The molecule has 0 aliphatic carbocycles. The number of thiophene rings is 1. The number of carbonyl (C=O) groups is 3. The van der Waals surface area contributed by atoms with Crippen LogP contribution in [0.5, 0.6) is 0 Å². The predicted octanol–water partition coefficient (Wildman–Crippen LogP) is 5.34. The molecule has 0 saturated carbocycles. The van der Waals surface area contributed by atoms with E-state index in [9.17, 15) is 14.4 Å². The van der Waals surface area contributed by atoms with Gasteiger partial charge in [-0.15, -0.1) is 11.3 Å². The van der Waals surface area contributed by atoms with Crippen LogP contribution in [-0.2, 0) is 9.47 Å². The molecule has 0 aliphatic heterocycles. The molecule has 0 atom stereocenters. The van der Waals surface area contributed by atoms with Gasteiger partial charge >= 0.3 is 18.0 Å². The van der Waals surface area contributed by atoms with Crippen LogP contribution in [0.2, 0.25) is 5.02 Å². The van der Waals surface area contributed by atoms with E-state index >= 15 is 0 Å². The van der Waals surface area contributed by atoms with E-state index < -0.39 is 18.0 Å². The predicted molar refractivity (Wildman–Crippen MR) is 114 cm³/mol. The fraction of sp³-hybridized carbons (Fsp3) is 0.350. The van der Waals surface area contributed by atoms with Crippen molar-refractivity contribution in [2.45, 2.75) is 27.7 Å². The zero-order valence-electron chi connectivity index (χ0n) is 16.6. The summed E-state index contributed by atoms with van der Waals surface area (Å²) in [6.07, 6.45) is 0. The molecule has 2 amide bonds. The van der Waals surface area contributed by atoms with Gasteiger partial charge in [0.25, 0.3) is 0 Å². The third-order valence-electron chi connectivity index (χ3n) is 3.69. The lowest BCUT2D eigenvalue weighted by molar-refractivity contribution is 0.0464. The minimum absolute atomic E-state index is 0.139. The van der Waals surface area contributed by atoms with Crippen LogP contribution < -0.4 is 10.6 Å². The Bertz CT molecular complexity index is 893. The second kappa shape index (κ2) is 10.3. The molecule has 0 fully saturated rings. The average Bonchev–Trinajstić information content (AvgIpc) is 2.97. The number of halogens is 1. The number of ether oxygens (including phenoxy) is 2. The molecule has 0 spiro atoms. The van der Waals surface area contributed by atoms with E-state index in [1.165, 1.54) is 0 Å². The van der Waals surface area contributed by atoms with Crippen molar-refractivity contribution in [3.63, 3.8) is 0 Å². The minimum Gasteiger partial charge on any atom is -0.462 e. The Labute approximate surface area is 178 Å². The van der Waals surface area contributed by atoms with Gasteiger partial charge in [0.15, 0.2) is 0 Å². The van der Waals surface area contributed by atoms with E-state index in [0.29, 0.717) is 16.3 Å². The maximum atomic E-state index is 12.4. The lowest BCUT2D eigenvalue weighted by Gasteiger charge is -2.08. The lowest BCUT2D eigenvalue weighted by atomic mass is 10.1. The summed E-state index contributed by atoms with van der Waals surface area (Å²) in [6.45, 7) is 7.57. The highest BCUT2D eigenvalue weighted by Gasteiger charge is 2.27. The fourth-order valence-electron chi connectivity index (χ4n) is 2.35. The molecule has 2 aromatic rings. The third kappa shape index (κ3) is 6.20. The van der Waals surface area contributed by atoms with Crippen molar-refractivity contribution in [1.29, 1.82) is 0 Å². The number of anilines is 2. The highest BCUT2D eigenvalue weighted by atomic mass is 35.5. The normalized spacial score (nSPS) is 10.6. The van der Waals surface area contributed by atoms with Crippen LogP contribution in [0.3, 0.4) is 0 Å². The topological polar surface area (TPSA) is 93.7 Å². The van der Waals surface area contributed by atoms with E-state index in [1.54, 1.807) is 38.1 Å². The summed E-state index contributed by atoms with van der Waals surface area (Å²) in [7, 11) is 0. The Morgan fingerprint density at radius 1 is 1.07 bits per heavy atom. The molecule has 0 saturated heterocycles. The number of urea groups is 1. The minimum atomic E-state index is -0.619. The van der Waals surface area contributed by atoms with Gasteiger partial charge in [0, 0.05) is 10.7 Å². The number of esters is 2. The maximum Gasteiger partial charge on any atom is 0.348 e. The van der Waals surface area contributed by atoms with Gasteiger partial charge in [-0.05, 0) is 49.6 Å². The fourth-order valence-corrected chi connectivity index (χ4v) is 3.56. The summed E-state index contributed by atoms with van der Waals surface area (Å²) < 4.78 is 10.4. The lowest BCUT2D eigenvalue weighted by Crippen LogP contribution is -2.20. The number of rotatable bonds is 7. The summed E-state index contributed by atoms with van der Waals surface area (Å²) >= 11 is 6.81. The van der Waals surface area contributed by atoms with E-state index in [2.05, 4.69) is 10.6 Å². The molecule has 1 aromatic heterocycles. The molecule has 1 heterocycles. The van der Waals surface area contributed by atoms with Gasteiger partial charge < -0.3 is 14.8 Å². The van der Waals surface area contributed by atoms with Crippen molar-refractivity contribution in [3.8, 4) is 0 Å². The Kier molecular flexibility index (Phi) is 8.04. The van der Waals surface area contributed by atoms with Crippen LogP contribution in [0.15, 0.2) is 24.3 Å². The van der Waals surface area contributed by atoms with Gasteiger partial charge in [-0.25, -0.2) is 14.4 Å². The van der Waals surface area contributed by atoms with Crippen molar-refractivity contribution < 1.29 is 23.9 Å². The number of nitrogens with one attached hydrogen (secondary N) is 2. The molecule has 0 radical (unpaired) electrons. The first-order chi connectivity index (χ1) is 13.7. The molecule has 0 bridgehead atoms. The van der Waals surface area contributed by atoms with Gasteiger partial charge in [0.2, 0.25) is 0 Å². The van der Waals surface area contributed by atoms with Gasteiger partial charge in [-0.1, -0.05) is 25.4 Å². The Balaban J connectivity index is 2.26. The van der Waals surface area contributed by atoms with Crippen LogP contribution in [0.25, 0.3) is 0 Å². The summed E-state index contributed by atoms with van der Waals surface area (Å²) in [5, 5.41) is 6.02. The van der Waals surface area contributed by atoms with Gasteiger partial charge in [0.05, 0.1) is 18.8 Å². The van der Waals surface area contributed by atoms with Crippen LogP contribution >= 0.6 is 22.9 Å². The summed E-state index contributed by atoms with van der Waals surface area (Å²) in [6, 6.07) is 5.99. The molecule has 9 heteroatoms. The number of hydrogen-bond donors (Lipinski definition) is 2. The molecular weight excluding hydrogens is 416 g/mol. The standard InChI is InChI=1S/C20H23ClN2O5S/c1-5-27-18(24)15-12(4)16(19(25)28-10-11(2)3)29-17(15)23-20(26)22-14-8-6-13(21)7-9-14/h6-9,11H,5,10H2,1-4H3,(H2,22,23,26). The molecule has 0 aliphatic rings. The smallest absolute Gasteiger partial charge is 0.348 e. The summed E-state index contributed by atoms with van der Waals surface area (Å²) in [4.78, 5) is 37.5. The number of hydrogen-bond acceptors (Lipinski definition) is 6. The van der Waals surface area contributed by atoms with E-state index in [4.69, 9.17) is 21.1 Å². The number of amides is 2. The van der Waals surface area contributed by atoms with Crippen LogP contribution in [0.4, 0.5) is 15.5 Å². The third-order valence-corrected chi connectivity index (χ3v) is 5.13. The van der Waals surface area contributed by atoms with Crippen molar-refractivity contribution in [2.24, 2.45) is 5.92 Å². The van der Waals surface area contributed by atoms with Crippen molar-refractivity contribution >= 4 is 51.6 Å². The average molecular weight is 439 g/mol. The zero-order valence-corrected chi connectivity index (χ0v) is 18.2. The van der Waals surface area contributed by atoms with Crippen molar-refractivity contribution in [3.05, 3.63) is 45.3 Å². The molecule has 2 rings (SSSR count). The van der Waals surface area contributed by atoms with Crippen molar-refractivity contribution in [1.82, 2.24) is 0 Å². The molecule has 7 nitrogen and oxygen atoms in total. The van der Waals surface area contributed by atoms with E-state index in [1.807, 2.05) is 13.8 Å². The monoisotopic (exact) mass is 438 g/mol.